The highest BCUT2D eigenvalue weighted by Crippen LogP contribution is 2.52. The first-order valence-corrected chi connectivity index (χ1v) is 10.9. The third kappa shape index (κ3) is 2.81. The van der Waals surface area contributed by atoms with Gasteiger partial charge in [0.05, 0.1) is 38.5 Å². The van der Waals surface area contributed by atoms with Gasteiger partial charge < -0.3 is 28.4 Å². The minimum atomic E-state index is -0.414. The molecule has 0 unspecified atom stereocenters. The van der Waals surface area contributed by atoms with Gasteiger partial charge in [0.25, 0.3) is 0 Å². The van der Waals surface area contributed by atoms with E-state index in [0.29, 0.717) is 67.9 Å². The second kappa shape index (κ2) is 6.90. The van der Waals surface area contributed by atoms with Crippen LogP contribution in [0.3, 0.4) is 0 Å². The minimum absolute atomic E-state index is 0.0619. The second-order valence-electron chi connectivity index (χ2n) is 8.75. The van der Waals surface area contributed by atoms with E-state index in [4.69, 9.17) is 28.4 Å². The Bertz CT molecular complexity index is 1110. The smallest absolute Gasteiger partial charge is 0.315 e. The van der Waals surface area contributed by atoms with E-state index in [1.165, 1.54) is 0 Å². The second-order valence-corrected chi connectivity index (χ2v) is 8.75. The van der Waals surface area contributed by atoms with Crippen LogP contribution in [0.25, 0.3) is 0 Å². The third-order valence-corrected chi connectivity index (χ3v) is 6.51. The highest BCUT2D eigenvalue weighted by molar-refractivity contribution is 5.96. The predicted molar refractivity (Wildman–Crippen MR) is 109 cm³/mol. The largest absolute Gasteiger partial charge is 0.425 e. The van der Waals surface area contributed by atoms with E-state index in [0.717, 1.165) is 0 Å². The van der Waals surface area contributed by atoms with Crippen molar-refractivity contribution in [1.29, 1.82) is 0 Å². The average molecular weight is 492 g/mol. The zero-order valence-corrected chi connectivity index (χ0v) is 18.1. The van der Waals surface area contributed by atoms with Gasteiger partial charge in [-0.1, -0.05) is 0 Å². The molecule has 0 amide bonds. The van der Waals surface area contributed by atoms with Gasteiger partial charge >= 0.3 is 35.8 Å². The van der Waals surface area contributed by atoms with Crippen LogP contribution in [0.2, 0.25) is 0 Å². The van der Waals surface area contributed by atoms with Gasteiger partial charge in [-0.15, -0.1) is 0 Å². The number of carbonyl (C=O) groups excluding carboxylic acids is 6. The monoisotopic (exact) mass is 492 g/mol. The Hall–Kier alpha value is -4.74. The van der Waals surface area contributed by atoms with Crippen molar-refractivity contribution in [3.8, 4) is 34.5 Å². The molecular formula is C24H12O12. The summed E-state index contributed by atoms with van der Waals surface area (Å²) in [4.78, 5) is 68.2. The zero-order valence-electron chi connectivity index (χ0n) is 18.1. The summed E-state index contributed by atoms with van der Waals surface area (Å²) < 4.78 is 30.6. The summed E-state index contributed by atoms with van der Waals surface area (Å²) in [6.07, 6.45) is 0.372. The molecule has 0 bridgehead atoms. The molecule has 0 N–H and O–H groups in total. The normalized spacial score (nSPS) is 19.0. The summed E-state index contributed by atoms with van der Waals surface area (Å²) in [6.45, 7) is 0. The molecule has 0 spiro atoms. The topological polar surface area (TPSA) is 158 Å². The molecule has 6 aliphatic rings. The van der Waals surface area contributed by atoms with E-state index in [-0.39, 0.29) is 38.5 Å². The zero-order chi connectivity index (χ0) is 24.9. The maximum Gasteiger partial charge on any atom is 0.315 e. The number of rotatable bonds is 0. The van der Waals surface area contributed by atoms with Gasteiger partial charge in [0.1, 0.15) is 34.5 Å². The van der Waals surface area contributed by atoms with Crippen LogP contribution in [0, 0.1) is 0 Å². The first-order chi connectivity index (χ1) is 17.3. The molecule has 0 atom stereocenters. The number of hydrogen-bond donors (Lipinski definition) is 0. The number of hydrogen-bond acceptors (Lipinski definition) is 12. The number of fused-ring (bicyclic) bond motifs is 12. The van der Waals surface area contributed by atoms with Crippen LogP contribution in [-0.4, -0.2) is 35.8 Å². The van der Waals surface area contributed by atoms with E-state index in [1.807, 2.05) is 0 Å². The van der Waals surface area contributed by atoms with Crippen molar-refractivity contribution in [3.05, 3.63) is 33.4 Å². The Morgan fingerprint density at radius 1 is 0.278 bits per heavy atom. The lowest BCUT2D eigenvalue weighted by Gasteiger charge is -2.08. The molecule has 0 aliphatic carbocycles. The first kappa shape index (κ1) is 20.6. The molecule has 180 valence electrons. The van der Waals surface area contributed by atoms with Crippen LogP contribution in [0.4, 0.5) is 0 Å². The van der Waals surface area contributed by atoms with Crippen molar-refractivity contribution in [2.45, 2.75) is 38.5 Å². The van der Waals surface area contributed by atoms with Crippen molar-refractivity contribution in [2.75, 3.05) is 0 Å². The highest BCUT2D eigenvalue weighted by atomic mass is 16.6. The molecule has 12 heteroatoms. The summed E-state index contributed by atoms with van der Waals surface area (Å²) in [5.74, 6) is -0.516. The van der Waals surface area contributed by atoms with Crippen molar-refractivity contribution < 1.29 is 57.2 Å². The maximum atomic E-state index is 11.4. The molecule has 6 aliphatic heterocycles. The van der Waals surface area contributed by atoms with Crippen molar-refractivity contribution in [3.63, 3.8) is 0 Å². The van der Waals surface area contributed by atoms with Crippen LogP contribution in [-0.2, 0) is 67.3 Å². The van der Waals surface area contributed by atoms with Crippen LogP contribution in [0.1, 0.15) is 33.4 Å². The molecule has 36 heavy (non-hydrogen) atoms. The molecule has 0 radical (unpaired) electrons. The van der Waals surface area contributed by atoms with Crippen LogP contribution < -0.4 is 28.4 Å². The molecule has 0 aromatic heterocycles. The van der Waals surface area contributed by atoms with Gasteiger partial charge in [-0.25, -0.2) is 0 Å². The van der Waals surface area contributed by atoms with E-state index < -0.39 is 35.8 Å². The standard InChI is InChI=1S/2C12H6O6/c2*13-7-1-4-10(16-7)5-2-9(15)18-12(5)6-3-8(14)17-11(4)6/h2*1-3H2. The summed E-state index contributed by atoms with van der Waals surface area (Å²) in [6, 6.07) is 0. The lowest BCUT2D eigenvalue weighted by Crippen LogP contribution is -2.02. The lowest BCUT2D eigenvalue weighted by atomic mass is 9.99. The van der Waals surface area contributed by atoms with Crippen molar-refractivity contribution in [1.82, 2.24) is 0 Å². The number of carbonyl (C=O) groups is 6. The Morgan fingerprint density at radius 2 is 0.417 bits per heavy atom. The van der Waals surface area contributed by atoms with Gasteiger partial charge in [0, 0.05) is 33.4 Å². The van der Waals surface area contributed by atoms with Crippen LogP contribution in [0.5, 0.6) is 34.5 Å². The van der Waals surface area contributed by atoms with Crippen LogP contribution >= 0.6 is 0 Å². The SMILES string of the molecule is O=C1Cc2c(c3c(c4c2OC(=O)C4)OC(=O)C3)O1.O=C1Cc2c(c3c(c4c2OC(=O)C4)OC(=O)C3)O1. The first-order valence-electron chi connectivity index (χ1n) is 10.9. The quantitative estimate of drug-likeness (QED) is 0.362. The molecule has 2 aromatic rings. The predicted octanol–water partition coefficient (Wildman–Crippen LogP) is 0.142. The van der Waals surface area contributed by atoms with Gasteiger partial charge in [-0.2, -0.15) is 0 Å². The van der Waals surface area contributed by atoms with Gasteiger partial charge in [0.15, 0.2) is 0 Å². The number of ether oxygens (including phenoxy) is 6. The summed E-state index contributed by atoms with van der Waals surface area (Å²) in [5, 5.41) is 0. The van der Waals surface area contributed by atoms with Gasteiger partial charge in [0.2, 0.25) is 0 Å². The summed E-state index contributed by atoms with van der Waals surface area (Å²) >= 11 is 0. The Balaban J connectivity index is 0.000000122. The molecule has 6 heterocycles. The molecule has 0 fully saturated rings. The van der Waals surface area contributed by atoms with Crippen LogP contribution in [0.15, 0.2) is 0 Å². The fourth-order valence-electron chi connectivity index (χ4n) is 5.18. The van der Waals surface area contributed by atoms with Crippen molar-refractivity contribution >= 4 is 35.8 Å². The minimum Gasteiger partial charge on any atom is -0.425 e. The Kier molecular flexibility index (Phi) is 3.95. The van der Waals surface area contributed by atoms with Gasteiger partial charge in [-0.05, 0) is 0 Å². The summed E-state index contributed by atoms with van der Waals surface area (Å²) in [7, 11) is 0. The van der Waals surface area contributed by atoms with E-state index in [2.05, 4.69) is 0 Å². The fraction of sp³-hybridized carbons (Fsp3) is 0.250. The molecule has 0 saturated carbocycles. The summed E-state index contributed by atoms with van der Waals surface area (Å²) in [5.41, 5.74) is 3.32. The highest BCUT2D eigenvalue weighted by Gasteiger charge is 2.43. The lowest BCUT2D eigenvalue weighted by molar-refractivity contribution is -0.133. The van der Waals surface area contributed by atoms with E-state index in [1.54, 1.807) is 0 Å². The molecule has 2 aromatic carbocycles. The fourth-order valence-corrected chi connectivity index (χ4v) is 5.18. The average Bonchev–Trinajstić information content (AvgIpc) is 3.60. The number of esters is 6. The van der Waals surface area contributed by atoms with E-state index >= 15 is 0 Å². The maximum absolute atomic E-state index is 11.4. The number of benzene rings is 2. The van der Waals surface area contributed by atoms with E-state index in [9.17, 15) is 28.8 Å². The Labute approximate surface area is 199 Å². The Morgan fingerprint density at radius 3 is 0.556 bits per heavy atom. The molecule has 0 saturated heterocycles. The third-order valence-electron chi connectivity index (χ3n) is 6.51. The molecule has 12 nitrogen and oxygen atoms in total. The molecule has 8 rings (SSSR count). The van der Waals surface area contributed by atoms with Crippen molar-refractivity contribution in [2.24, 2.45) is 0 Å². The van der Waals surface area contributed by atoms with Gasteiger partial charge in [-0.3, -0.25) is 28.8 Å². The molecular weight excluding hydrogens is 480 g/mol.